The first kappa shape index (κ1) is 11.3. The second kappa shape index (κ2) is 5.23. The highest BCUT2D eigenvalue weighted by Crippen LogP contribution is 2.07. The Bertz CT molecular complexity index is 557. The van der Waals surface area contributed by atoms with Crippen molar-refractivity contribution in [3.63, 3.8) is 0 Å². The van der Waals surface area contributed by atoms with Gasteiger partial charge < -0.3 is 5.32 Å². The van der Waals surface area contributed by atoms with Gasteiger partial charge in [-0.3, -0.25) is 9.78 Å². The molecule has 0 saturated carbocycles. The Kier molecular flexibility index (Phi) is 3.48. The van der Waals surface area contributed by atoms with Crippen molar-refractivity contribution < 1.29 is 4.79 Å². The zero-order valence-electron chi connectivity index (χ0n) is 8.88. The van der Waals surface area contributed by atoms with Crippen LogP contribution in [0.5, 0.6) is 0 Å². The molecule has 2 rings (SSSR count). The van der Waals surface area contributed by atoms with Gasteiger partial charge in [0.05, 0.1) is 23.3 Å². The molecule has 0 spiro atoms. The molecule has 0 atom stereocenters. The zero-order valence-corrected chi connectivity index (χ0v) is 9.70. The van der Waals surface area contributed by atoms with Gasteiger partial charge in [-0.15, -0.1) is 11.3 Å². The van der Waals surface area contributed by atoms with Crippen molar-refractivity contribution in [1.29, 1.82) is 5.26 Å². The summed E-state index contributed by atoms with van der Waals surface area (Å²) in [5.74, 6) is -0.144. The molecule has 0 aliphatic rings. The monoisotopic (exact) mass is 243 g/mol. The molecule has 0 saturated heterocycles. The molecule has 4 nitrogen and oxygen atoms in total. The van der Waals surface area contributed by atoms with Crippen LogP contribution in [0.15, 0.2) is 36.0 Å². The third-order valence-corrected chi connectivity index (χ3v) is 2.94. The fraction of sp³-hybridized carbons (Fsp3) is 0.0833. The summed E-state index contributed by atoms with van der Waals surface area (Å²) in [6.07, 6.45) is 1.53. The first-order chi connectivity index (χ1) is 8.29. The van der Waals surface area contributed by atoms with E-state index in [1.165, 1.54) is 17.5 Å². The lowest BCUT2D eigenvalue weighted by Crippen LogP contribution is -2.21. The number of carbonyl (C=O) groups excluding carboxylic acids is 1. The van der Waals surface area contributed by atoms with E-state index in [-0.39, 0.29) is 5.91 Å². The predicted molar refractivity (Wildman–Crippen MR) is 64.4 cm³/mol. The van der Waals surface area contributed by atoms with Gasteiger partial charge in [-0.05, 0) is 17.7 Å². The maximum absolute atomic E-state index is 11.6. The molecule has 0 aliphatic heterocycles. The van der Waals surface area contributed by atoms with Gasteiger partial charge in [0.25, 0.3) is 5.91 Å². The topological polar surface area (TPSA) is 65.8 Å². The molecular formula is C12H9N3OS. The van der Waals surface area contributed by atoms with Crippen molar-refractivity contribution in [2.45, 2.75) is 6.54 Å². The highest BCUT2D eigenvalue weighted by molar-refractivity contribution is 7.11. The van der Waals surface area contributed by atoms with Crippen LogP contribution in [0.3, 0.4) is 0 Å². The lowest BCUT2D eigenvalue weighted by Gasteiger charge is -2.03. The van der Waals surface area contributed by atoms with Crippen LogP contribution < -0.4 is 5.32 Å². The molecule has 17 heavy (non-hydrogen) atoms. The van der Waals surface area contributed by atoms with Crippen LogP contribution >= 0.6 is 11.3 Å². The summed E-state index contributed by atoms with van der Waals surface area (Å²) in [5, 5.41) is 11.5. The minimum Gasteiger partial charge on any atom is -0.347 e. The van der Waals surface area contributed by atoms with Crippen LogP contribution in [0.25, 0.3) is 0 Å². The first-order valence-electron chi connectivity index (χ1n) is 4.95. The van der Waals surface area contributed by atoms with E-state index < -0.39 is 0 Å². The van der Waals surface area contributed by atoms with E-state index in [2.05, 4.69) is 16.4 Å². The zero-order chi connectivity index (χ0) is 12.1. The summed E-state index contributed by atoms with van der Waals surface area (Å²) in [6.45, 7) is 0.409. The lowest BCUT2D eigenvalue weighted by atomic mass is 10.1. The van der Waals surface area contributed by atoms with Gasteiger partial charge in [-0.1, -0.05) is 12.1 Å². The second-order valence-corrected chi connectivity index (χ2v) is 4.25. The Hall–Kier alpha value is -2.19. The minimum absolute atomic E-state index is 0.144. The van der Waals surface area contributed by atoms with Crippen molar-refractivity contribution in [3.05, 3.63) is 52.0 Å². The third-order valence-electron chi connectivity index (χ3n) is 2.17. The number of nitriles is 1. The molecule has 5 heteroatoms. The fourth-order valence-electron chi connectivity index (χ4n) is 1.35. The summed E-state index contributed by atoms with van der Waals surface area (Å²) in [5.41, 5.74) is 3.11. The minimum atomic E-state index is -0.144. The van der Waals surface area contributed by atoms with E-state index in [0.29, 0.717) is 17.0 Å². The summed E-state index contributed by atoms with van der Waals surface area (Å²) < 4.78 is 0. The van der Waals surface area contributed by atoms with E-state index in [1.54, 1.807) is 23.7 Å². The van der Waals surface area contributed by atoms with Crippen molar-refractivity contribution >= 4 is 17.2 Å². The summed E-state index contributed by atoms with van der Waals surface area (Å²) in [7, 11) is 0. The van der Waals surface area contributed by atoms with Gasteiger partial charge in [0.15, 0.2) is 0 Å². The number of benzene rings is 1. The Labute approximate surface area is 103 Å². The predicted octanol–water partition coefficient (Wildman–Crippen LogP) is 1.94. The molecular weight excluding hydrogens is 234 g/mol. The smallest absolute Gasteiger partial charge is 0.263 e. The summed E-state index contributed by atoms with van der Waals surface area (Å²) >= 11 is 1.30. The average molecular weight is 243 g/mol. The normalized spacial score (nSPS) is 9.59. The average Bonchev–Trinajstić information content (AvgIpc) is 2.90. The molecule has 1 aromatic carbocycles. The maximum Gasteiger partial charge on any atom is 0.263 e. The van der Waals surface area contributed by atoms with Crippen molar-refractivity contribution in [3.8, 4) is 6.07 Å². The third kappa shape index (κ3) is 2.89. The van der Waals surface area contributed by atoms with Gasteiger partial charge in [-0.2, -0.15) is 5.26 Å². The molecule has 2 aromatic rings. The molecule has 0 bridgehead atoms. The summed E-state index contributed by atoms with van der Waals surface area (Å²) in [4.78, 5) is 16.1. The van der Waals surface area contributed by atoms with E-state index >= 15 is 0 Å². The lowest BCUT2D eigenvalue weighted by molar-refractivity contribution is 0.0955. The van der Waals surface area contributed by atoms with E-state index in [0.717, 1.165) is 5.56 Å². The highest BCUT2D eigenvalue weighted by atomic mass is 32.1. The molecule has 84 valence electrons. The molecule has 0 aliphatic carbocycles. The number of rotatable bonds is 3. The Morgan fingerprint density at radius 2 is 2.41 bits per heavy atom. The van der Waals surface area contributed by atoms with Gasteiger partial charge in [-0.25, -0.2) is 0 Å². The van der Waals surface area contributed by atoms with Crippen LogP contribution in [0.1, 0.15) is 20.8 Å². The Balaban J connectivity index is 1.98. The highest BCUT2D eigenvalue weighted by Gasteiger charge is 2.06. The standard InChI is InChI=1S/C12H9N3OS/c13-5-9-2-1-3-10(4-9)6-15-12(16)11-7-14-8-17-11/h1-4,7-8H,6H2,(H,15,16). The number of thiazole rings is 1. The molecule has 0 radical (unpaired) electrons. The van der Waals surface area contributed by atoms with Gasteiger partial charge in [0.1, 0.15) is 4.88 Å². The largest absolute Gasteiger partial charge is 0.347 e. The number of nitrogens with zero attached hydrogens (tertiary/aromatic N) is 2. The Morgan fingerprint density at radius 3 is 3.12 bits per heavy atom. The van der Waals surface area contributed by atoms with Crippen molar-refractivity contribution in [2.75, 3.05) is 0 Å². The van der Waals surface area contributed by atoms with Crippen molar-refractivity contribution in [1.82, 2.24) is 10.3 Å². The quantitative estimate of drug-likeness (QED) is 0.896. The Morgan fingerprint density at radius 1 is 1.53 bits per heavy atom. The van der Waals surface area contributed by atoms with Crippen LogP contribution in [-0.4, -0.2) is 10.9 Å². The van der Waals surface area contributed by atoms with E-state index in [9.17, 15) is 4.79 Å². The SMILES string of the molecule is N#Cc1cccc(CNC(=O)c2cncs2)c1. The molecule has 0 fully saturated rings. The number of amides is 1. The molecule has 1 aromatic heterocycles. The maximum atomic E-state index is 11.6. The summed E-state index contributed by atoms with van der Waals surface area (Å²) in [6, 6.07) is 9.22. The van der Waals surface area contributed by atoms with Crippen LogP contribution in [0.2, 0.25) is 0 Å². The van der Waals surface area contributed by atoms with E-state index in [4.69, 9.17) is 5.26 Å². The second-order valence-electron chi connectivity index (χ2n) is 3.36. The van der Waals surface area contributed by atoms with Crippen molar-refractivity contribution in [2.24, 2.45) is 0 Å². The van der Waals surface area contributed by atoms with Crippen LogP contribution in [0, 0.1) is 11.3 Å². The van der Waals surface area contributed by atoms with E-state index in [1.807, 2.05) is 6.07 Å². The number of aromatic nitrogens is 1. The molecule has 1 N–H and O–H groups in total. The number of nitrogens with one attached hydrogen (secondary N) is 1. The van der Waals surface area contributed by atoms with Gasteiger partial charge in [0.2, 0.25) is 0 Å². The van der Waals surface area contributed by atoms with Gasteiger partial charge >= 0.3 is 0 Å². The van der Waals surface area contributed by atoms with Crippen LogP contribution in [0.4, 0.5) is 0 Å². The number of carbonyl (C=O) groups is 1. The number of hydrogen-bond donors (Lipinski definition) is 1. The first-order valence-corrected chi connectivity index (χ1v) is 5.83. The molecule has 0 unspecified atom stereocenters. The molecule has 1 amide bonds. The van der Waals surface area contributed by atoms with Gasteiger partial charge in [0, 0.05) is 6.54 Å². The molecule has 1 heterocycles. The number of hydrogen-bond acceptors (Lipinski definition) is 4. The van der Waals surface area contributed by atoms with Crippen LogP contribution in [-0.2, 0) is 6.54 Å². The fourth-order valence-corrected chi connectivity index (χ4v) is 1.88.